The Morgan fingerprint density at radius 1 is 0.455 bits per heavy atom. The molecule has 2 aromatic heterocycles. The highest BCUT2D eigenvalue weighted by molar-refractivity contribution is 6.25. The molecule has 0 atom stereocenters. The third-order valence-corrected chi connectivity index (χ3v) is 8.72. The minimum Gasteiger partial charge on any atom is -0.454 e. The standard InChI is InChI=1S/C41H26N2O/c1-2-9-27(10-3-1)28-17-20-31(21-18-28)43(36-15-8-16-38-41(36)35-23-24-42-26-39(35)44-38)37-25-30-12-5-7-14-33(30)40-32-13-6-4-11-29(32)19-22-34(37)40/h1-26H. The van der Waals surface area contributed by atoms with E-state index in [-0.39, 0.29) is 0 Å². The summed E-state index contributed by atoms with van der Waals surface area (Å²) in [6.45, 7) is 0. The van der Waals surface area contributed by atoms with Gasteiger partial charge in [0.2, 0.25) is 0 Å². The van der Waals surface area contributed by atoms with Crippen LogP contribution in [0.15, 0.2) is 162 Å². The van der Waals surface area contributed by atoms with E-state index in [1.807, 2.05) is 18.3 Å². The summed E-state index contributed by atoms with van der Waals surface area (Å²) in [5, 5.41) is 9.51. The quantitative estimate of drug-likeness (QED) is 0.200. The molecule has 7 aromatic carbocycles. The predicted octanol–water partition coefficient (Wildman–Crippen LogP) is 11.6. The molecular formula is C41H26N2O. The van der Waals surface area contributed by atoms with Gasteiger partial charge in [0, 0.05) is 22.7 Å². The molecule has 0 bridgehead atoms. The number of nitrogens with zero attached hydrogens (tertiary/aromatic N) is 2. The summed E-state index contributed by atoms with van der Waals surface area (Å²) >= 11 is 0. The van der Waals surface area contributed by atoms with Crippen molar-refractivity contribution in [2.45, 2.75) is 0 Å². The van der Waals surface area contributed by atoms with Gasteiger partial charge in [0.1, 0.15) is 5.58 Å². The second kappa shape index (κ2) is 9.82. The van der Waals surface area contributed by atoms with Crippen molar-refractivity contribution in [2.24, 2.45) is 0 Å². The maximum atomic E-state index is 6.32. The molecule has 0 spiro atoms. The Bertz CT molecular complexity index is 2480. The van der Waals surface area contributed by atoms with Gasteiger partial charge in [-0.25, -0.2) is 0 Å². The Morgan fingerprint density at radius 2 is 1.18 bits per heavy atom. The fourth-order valence-electron chi connectivity index (χ4n) is 6.73. The minimum atomic E-state index is 0.781. The van der Waals surface area contributed by atoms with E-state index in [0.717, 1.165) is 39.0 Å². The molecule has 0 aliphatic rings. The van der Waals surface area contributed by atoms with Crippen molar-refractivity contribution in [3.63, 3.8) is 0 Å². The average Bonchev–Trinajstić information content (AvgIpc) is 3.48. The maximum absolute atomic E-state index is 6.32. The third kappa shape index (κ3) is 3.80. The first-order valence-corrected chi connectivity index (χ1v) is 14.9. The van der Waals surface area contributed by atoms with Gasteiger partial charge in [0.15, 0.2) is 5.58 Å². The first-order chi connectivity index (χ1) is 21.8. The van der Waals surface area contributed by atoms with Crippen molar-refractivity contribution in [1.82, 2.24) is 4.98 Å². The van der Waals surface area contributed by atoms with Gasteiger partial charge in [-0.15, -0.1) is 0 Å². The molecule has 0 radical (unpaired) electrons. The van der Waals surface area contributed by atoms with Crippen molar-refractivity contribution >= 4 is 71.3 Å². The lowest BCUT2D eigenvalue weighted by molar-refractivity contribution is 0.667. The lowest BCUT2D eigenvalue weighted by Crippen LogP contribution is -2.11. The van der Waals surface area contributed by atoms with Gasteiger partial charge in [-0.2, -0.15) is 0 Å². The summed E-state index contributed by atoms with van der Waals surface area (Å²) < 4.78 is 6.32. The van der Waals surface area contributed by atoms with Crippen LogP contribution >= 0.6 is 0 Å². The number of anilines is 3. The highest BCUT2D eigenvalue weighted by atomic mass is 16.3. The Morgan fingerprint density at radius 3 is 2.02 bits per heavy atom. The van der Waals surface area contributed by atoms with Crippen molar-refractivity contribution in [3.8, 4) is 11.1 Å². The summed E-state index contributed by atoms with van der Waals surface area (Å²) in [5.41, 5.74) is 7.25. The zero-order valence-corrected chi connectivity index (χ0v) is 23.8. The fraction of sp³-hybridized carbons (Fsp3) is 0. The van der Waals surface area contributed by atoms with Crippen LogP contribution in [0.4, 0.5) is 17.1 Å². The van der Waals surface area contributed by atoms with Crippen LogP contribution in [0.25, 0.3) is 65.4 Å². The number of hydrogen-bond donors (Lipinski definition) is 0. The van der Waals surface area contributed by atoms with Crippen molar-refractivity contribution < 1.29 is 4.42 Å². The van der Waals surface area contributed by atoms with E-state index in [9.17, 15) is 0 Å². The first-order valence-electron chi connectivity index (χ1n) is 14.9. The number of furan rings is 1. The maximum Gasteiger partial charge on any atom is 0.153 e. The summed E-state index contributed by atoms with van der Waals surface area (Å²) in [7, 11) is 0. The van der Waals surface area contributed by atoms with Crippen LogP contribution in [0.1, 0.15) is 0 Å². The number of hydrogen-bond acceptors (Lipinski definition) is 3. The Kier molecular flexibility index (Phi) is 5.50. The Balaban J connectivity index is 1.39. The van der Waals surface area contributed by atoms with E-state index in [4.69, 9.17) is 4.42 Å². The van der Waals surface area contributed by atoms with Gasteiger partial charge >= 0.3 is 0 Å². The van der Waals surface area contributed by atoms with Gasteiger partial charge in [0.05, 0.1) is 23.0 Å². The van der Waals surface area contributed by atoms with Crippen LogP contribution < -0.4 is 4.90 Å². The van der Waals surface area contributed by atoms with Gasteiger partial charge < -0.3 is 9.32 Å². The molecule has 44 heavy (non-hydrogen) atoms. The molecule has 0 amide bonds. The predicted molar refractivity (Wildman–Crippen MR) is 184 cm³/mol. The molecule has 2 heterocycles. The molecule has 3 nitrogen and oxygen atoms in total. The largest absolute Gasteiger partial charge is 0.454 e. The van der Waals surface area contributed by atoms with Gasteiger partial charge in [0.25, 0.3) is 0 Å². The molecule has 0 aliphatic carbocycles. The molecule has 0 unspecified atom stereocenters. The van der Waals surface area contributed by atoms with Crippen LogP contribution in [0.5, 0.6) is 0 Å². The first kappa shape index (κ1) is 24.6. The van der Waals surface area contributed by atoms with Crippen LogP contribution in [0.3, 0.4) is 0 Å². The molecule has 0 saturated heterocycles. The van der Waals surface area contributed by atoms with Crippen LogP contribution in [0, 0.1) is 0 Å². The summed E-state index contributed by atoms with van der Waals surface area (Å²) in [5.74, 6) is 0. The van der Waals surface area contributed by atoms with Gasteiger partial charge in [-0.3, -0.25) is 4.98 Å². The molecule has 9 rings (SSSR count). The lowest BCUT2D eigenvalue weighted by Gasteiger charge is -2.28. The molecule has 9 aromatic rings. The van der Waals surface area contributed by atoms with Crippen LogP contribution in [0.2, 0.25) is 0 Å². The normalized spacial score (nSPS) is 11.6. The highest BCUT2D eigenvalue weighted by Crippen LogP contribution is 2.47. The van der Waals surface area contributed by atoms with Crippen LogP contribution in [-0.2, 0) is 0 Å². The molecule has 0 fully saturated rings. The molecule has 206 valence electrons. The Labute approximate surface area is 254 Å². The number of benzene rings is 7. The smallest absolute Gasteiger partial charge is 0.153 e. The average molecular weight is 563 g/mol. The van der Waals surface area contributed by atoms with Crippen molar-refractivity contribution in [3.05, 3.63) is 158 Å². The number of fused-ring (bicyclic) bond motifs is 8. The molecule has 0 aliphatic heterocycles. The van der Waals surface area contributed by atoms with Gasteiger partial charge in [-0.1, -0.05) is 109 Å². The second-order valence-corrected chi connectivity index (χ2v) is 11.2. The number of rotatable bonds is 4. The van der Waals surface area contributed by atoms with E-state index in [2.05, 4.69) is 143 Å². The third-order valence-electron chi connectivity index (χ3n) is 8.72. The Hall–Kier alpha value is -5.93. The van der Waals surface area contributed by atoms with Crippen molar-refractivity contribution in [1.29, 1.82) is 0 Å². The van der Waals surface area contributed by atoms with Crippen LogP contribution in [-0.4, -0.2) is 4.98 Å². The summed E-state index contributed by atoms with van der Waals surface area (Å²) in [4.78, 5) is 6.73. The zero-order chi connectivity index (χ0) is 29.0. The van der Waals surface area contributed by atoms with Crippen molar-refractivity contribution in [2.75, 3.05) is 4.90 Å². The second-order valence-electron chi connectivity index (χ2n) is 11.2. The van der Waals surface area contributed by atoms with E-state index < -0.39 is 0 Å². The highest BCUT2D eigenvalue weighted by Gasteiger charge is 2.22. The number of aromatic nitrogens is 1. The number of pyridine rings is 1. The molecule has 3 heteroatoms. The zero-order valence-electron chi connectivity index (χ0n) is 23.8. The molecule has 0 saturated carbocycles. The minimum absolute atomic E-state index is 0.781. The van der Waals surface area contributed by atoms with Gasteiger partial charge in [-0.05, 0) is 74.5 Å². The SMILES string of the molecule is c1ccc(-c2ccc(N(c3cc4ccccc4c4c3ccc3ccccc34)c3cccc4oc5cnccc5c34)cc2)cc1. The summed E-state index contributed by atoms with van der Waals surface area (Å²) in [6, 6.07) is 52.1. The molecular weight excluding hydrogens is 536 g/mol. The summed E-state index contributed by atoms with van der Waals surface area (Å²) in [6.07, 6.45) is 3.64. The lowest BCUT2D eigenvalue weighted by atomic mass is 9.94. The van der Waals surface area contributed by atoms with E-state index in [1.54, 1.807) is 6.20 Å². The fourth-order valence-corrected chi connectivity index (χ4v) is 6.73. The monoisotopic (exact) mass is 562 g/mol. The van der Waals surface area contributed by atoms with E-state index in [0.29, 0.717) is 0 Å². The molecule has 0 N–H and O–H groups in total. The van der Waals surface area contributed by atoms with E-state index in [1.165, 1.54) is 43.4 Å². The topological polar surface area (TPSA) is 29.3 Å². The van der Waals surface area contributed by atoms with E-state index >= 15 is 0 Å².